The van der Waals surface area contributed by atoms with Crippen molar-refractivity contribution in [3.8, 4) is 33.6 Å². The van der Waals surface area contributed by atoms with Gasteiger partial charge in [-0.1, -0.05) is 103 Å². The number of benzene rings is 8. The van der Waals surface area contributed by atoms with Gasteiger partial charge in [0.2, 0.25) is 0 Å². The quantitative estimate of drug-likeness (QED) is 0.185. The van der Waals surface area contributed by atoms with Crippen molar-refractivity contribution >= 4 is 65.6 Å². The number of furan rings is 1. The van der Waals surface area contributed by atoms with Crippen LogP contribution in [0.15, 0.2) is 186 Å². The van der Waals surface area contributed by atoms with Crippen LogP contribution in [0.3, 0.4) is 0 Å². The fraction of sp³-hybridized carbons (Fsp3) is 0. The molecule has 51 heavy (non-hydrogen) atoms. The Labute approximate surface area is 303 Å². The summed E-state index contributed by atoms with van der Waals surface area (Å²) in [4.78, 5) is 0. The normalized spacial score (nSPS) is 13.8. The first kappa shape index (κ1) is 22.0. The first-order chi connectivity index (χ1) is 28.2. The molecule has 0 spiro atoms. The van der Waals surface area contributed by atoms with Gasteiger partial charge in [0.1, 0.15) is 11.2 Å². The van der Waals surface area contributed by atoms with Gasteiger partial charge in [0.05, 0.1) is 31.7 Å². The summed E-state index contributed by atoms with van der Waals surface area (Å²) in [5.41, 5.74) is 7.99. The Morgan fingerprint density at radius 1 is 0.373 bits per heavy atom. The largest absolute Gasteiger partial charge is 0.456 e. The second-order valence-electron chi connectivity index (χ2n) is 12.8. The second-order valence-corrected chi connectivity index (χ2v) is 12.8. The van der Waals surface area contributed by atoms with Crippen molar-refractivity contribution in [1.82, 2.24) is 9.13 Å². The van der Waals surface area contributed by atoms with E-state index in [4.69, 9.17) is 9.90 Å². The number of nitrogens with zero attached hydrogens (tertiary/aromatic N) is 2. The van der Waals surface area contributed by atoms with E-state index >= 15 is 0 Å². The molecule has 0 aliphatic rings. The molecule has 3 aromatic heterocycles. The maximum Gasteiger partial charge on any atom is 0.135 e. The van der Waals surface area contributed by atoms with Gasteiger partial charge >= 0.3 is 0 Å². The molecule has 0 aliphatic carbocycles. The molecule has 3 nitrogen and oxygen atoms in total. The minimum absolute atomic E-state index is 0.0873. The van der Waals surface area contributed by atoms with E-state index in [0.717, 1.165) is 49.4 Å². The molecule has 11 aromatic rings. The molecule has 238 valence electrons. The minimum atomic E-state index is -0.431. The molecule has 0 radical (unpaired) electrons. The molecule has 0 atom stereocenters. The maximum atomic E-state index is 9.85. The van der Waals surface area contributed by atoms with Gasteiger partial charge in [0.25, 0.3) is 0 Å². The van der Waals surface area contributed by atoms with Crippen LogP contribution in [0.1, 0.15) is 9.60 Å². The van der Waals surface area contributed by atoms with E-state index < -0.39 is 12.1 Å². The van der Waals surface area contributed by atoms with Crippen LogP contribution >= 0.6 is 0 Å². The topological polar surface area (TPSA) is 23.0 Å². The highest BCUT2D eigenvalue weighted by Crippen LogP contribution is 2.40. The van der Waals surface area contributed by atoms with Crippen LogP contribution in [-0.2, 0) is 0 Å². The van der Waals surface area contributed by atoms with Gasteiger partial charge in [0, 0.05) is 43.7 Å². The van der Waals surface area contributed by atoms with Crippen LogP contribution < -0.4 is 0 Å². The third-order valence-electron chi connectivity index (χ3n) is 9.95. The van der Waals surface area contributed by atoms with Crippen molar-refractivity contribution in [2.45, 2.75) is 0 Å². The Balaban J connectivity index is 1.22. The lowest BCUT2D eigenvalue weighted by Gasteiger charge is -2.09. The van der Waals surface area contributed by atoms with E-state index in [1.165, 1.54) is 0 Å². The molecule has 3 heteroatoms. The van der Waals surface area contributed by atoms with Gasteiger partial charge in [-0.25, -0.2) is 0 Å². The Morgan fingerprint density at radius 3 is 1.82 bits per heavy atom. The monoisotopic (exact) mass is 657 g/mol. The average Bonchev–Trinajstić information content (AvgIpc) is 3.92. The first-order valence-corrected chi connectivity index (χ1v) is 16.9. The summed E-state index contributed by atoms with van der Waals surface area (Å²) < 4.78 is 74.5. The molecule has 0 bridgehead atoms. The Morgan fingerprint density at radius 2 is 1.02 bits per heavy atom. The van der Waals surface area contributed by atoms with Crippen molar-refractivity contribution in [2.75, 3.05) is 0 Å². The summed E-state index contributed by atoms with van der Waals surface area (Å²) in [6, 6.07) is 43.8. The van der Waals surface area contributed by atoms with Gasteiger partial charge in [-0.2, -0.15) is 0 Å². The van der Waals surface area contributed by atoms with Gasteiger partial charge in [-0.15, -0.1) is 0 Å². The molecule has 0 saturated carbocycles. The number of aromatic nitrogens is 2. The molecule has 0 saturated heterocycles. The van der Waals surface area contributed by atoms with Crippen LogP contribution in [0.25, 0.3) is 99.2 Å². The van der Waals surface area contributed by atoms with E-state index in [-0.39, 0.29) is 57.6 Å². The lowest BCUT2D eigenvalue weighted by Crippen LogP contribution is -1.93. The maximum absolute atomic E-state index is 9.85. The highest BCUT2D eigenvalue weighted by Gasteiger charge is 2.17. The average molecular weight is 658 g/mol. The predicted molar refractivity (Wildman–Crippen MR) is 213 cm³/mol. The number of hydrogen-bond acceptors (Lipinski definition) is 1. The number of para-hydroxylation sites is 3. The molecule has 8 aromatic carbocycles. The summed E-state index contributed by atoms with van der Waals surface area (Å²) in [5, 5.41) is 3.88. The van der Waals surface area contributed by atoms with Crippen LogP contribution in [-0.4, -0.2) is 9.13 Å². The molecule has 3 heterocycles. The van der Waals surface area contributed by atoms with Crippen LogP contribution in [0.5, 0.6) is 0 Å². The zero-order chi connectivity index (χ0) is 39.6. The van der Waals surface area contributed by atoms with Crippen molar-refractivity contribution in [3.05, 3.63) is 182 Å². The number of hydrogen-bond donors (Lipinski definition) is 0. The summed E-state index contributed by atoms with van der Waals surface area (Å²) in [7, 11) is 0. The van der Waals surface area contributed by atoms with E-state index in [1.54, 1.807) is 16.7 Å². The standard InChI is InChI=1S/C48H30N2O/c1-3-11-31(12-4-1)32-19-23-45-40(27-32)41-29-34(21-25-46(41)49(45)35-13-5-2-6-14-35)33-20-24-44-39(28-33)37-15-7-9-17-43(37)50(44)36-22-26-48-42(30-36)38-16-8-10-18-47(38)51-48/h1-30H/i7D,9D,15D,17D,20D,24D,28D. The zero-order valence-corrected chi connectivity index (χ0v) is 27.1. The lowest BCUT2D eigenvalue weighted by molar-refractivity contribution is 0.669. The van der Waals surface area contributed by atoms with Crippen molar-refractivity contribution in [3.63, 3.8) is 0 Å². The molecule has 0 fully saturated rings. The lowest BCUT2D eigenvalue weighted by atomic mass is 9.99. The summed E-state index contributed by atoms with van der Waals surface area (Å²) >= 11 is 0. The Kier molecular flexibility index (Phi) is 4.67. The van der Waals surface area contributed by atoms with Gasteiger partial charge < -0.3 is 13.6 Å². The third kappa shape index (κ3) is 4.25. The van der Waals surface area contributed by atoms with E-state index in [9.17, 15) is 4.11 Å². The Bertz CT molecular complexity index is 3530. The SMILES string of the molecule is [2H]c1c([2H])c([2H])c2c(c1[2H])c1c([2H])c(-c3ccc4c(c3)c3cc(-c5ccccc5)ccc3n4-c3ccccc3)c([2H])c([2H])c1n2-c1ccc2oc3ccccc3c2c1. The third-order valence-corrected chi connectivity index (χ3v) is 9.95. The predicted octanol–water partition coefficient (Wildman–Crippen LogP) is 13.1. The molecule has 0 N–H and O–H groups in total. The molecule has 0 amide bonds. The fourth-order valence-corrected chi connectivity index (χ4v) is 7.61. The minimum Gasteiger partial charge on any atom is -0.456 e. The smallest absolute Gasteiger partial charge is 0.135 e. The van der Waals surface area contributed by atoms with Crippen molar-refractivity contribution in [1.29, 1.82) is 0 Å². The van der Waals surface area contributed by atoms with Gasteiger partial charge in [-0.3, -0.25) is 0 Å². The van der Waals surface area contributed by atoms with Gasteiger partial charge in [0.15, 0.2) is 0 Å². The highest BCUT2D eigenvalue weighted by molar-refractivity contribution is 6.14. The highest BCUT2D eigenvalue weighted by atomic mass is 16.3. The molecular weight excluding hydrogens is 621 g/mol. The second kappa shape index (κ2) is 10.8. The van der Waals surface area contributed by atoms with E-state index in [2.05, 4.69) is 47.0 Å². The molecule has 0 unspecified atom stereocenters. The fourth-order valence-electron chi connectivity index (χ4n) is 7.61. The van der Waals surface area contributed by atoms with Crippen LogP contribution in [0, 0.1) is 0 Å². The number of fused-ring (bicyclic) bond motifs is 9. The van der Waals surface area contributed by atoms with Crippen LogP contribution in [0.4, 0.5) is 0 Å². The molecule has 11 rings (SSSR count). The molecular formula is C48H30N2O. The summed E-state index contributed by atoms with van der Waals surface area (Å²) in [6.45, 7) is 0. The molecule has 0 aliphatic heterocycles. The first-order valence-electron chi connectivity index (χ1n) is 20.4. The van der Waals surface area contributed by atoms with E-state index in [0.29, 0.717) is 22.4 Å². The van der Waals surface area contributed by atoms with Crippen LogP contribution in [0.2, 0.25) is 0 Å². The van der Waals surface area contributed by atoms with Crippen molar-refractivity contribution < 1.29 is 14.0 Å². The van der Waals surface area contributed by atoms with Gasteiger partial charge in [-0.05, 0) is 101 Å². The summed E-state index contributed by atoms with van der Waals surface area (Å²) in [5.74, 6) is 0. The summed E-state index contributed by atoms with van der Waals surface area (Å²) in [6.07, 6.45) is 0. The zero-order valence-electron chi connectivity index (χ0n) is 34.1. The van der Waals surface area contributed by atoms with Crippen molar-refractivity contribution in [2.24, 2.45) is 0 Å². The number of rotatable bonds is 4. The van der Waals surface area contributed by atoms with E-state index in [1.807, 2.05) is 84.9 Å². The Hall–Kier alpha value is -6.84.